The maximum Gasteiger partial charge on any atom is 0.283 e. The molecule has 0 aromatic heterocycles. The van der Waals surface area contributed by atoms with Gasteiger partial charge < -0.3 is 4.90 Å². The molecule has 0 spiro atoms. The molecular formula is C29H28N2O2S. The van der Waals surface area contributed by atoms with Gasteiger partial charge in [0.25, 0.3) is 11.8 Å². The molecule has 4 nitrogen and oxygen atoms in total. The molecule has 0 bridgehead atoms. The maximum atomic E-state index is 13.8. The van der Waals surface area contributed by atoms with Crippen LogP contribution in [-0.2, 0) is 29.0 Å². The highest BCUT2D eigenvalue weighted by Crippen LogP contribution is 2.40. The Hall–Kier alpha value is -3.31. The molecule has 172 valence electrons. The predicted molar refractivity (Wildman–Crippen MR) is 137 cm³/mol. The van der Waals surface area contributed by atoms with Crippen molar-refractivity contribution < 1.29 is 9.59 Å². The van der Waals surface area contributed by atoms with Crippen molar-refractivity contribution in [1.82, 2.24) is 4.90 Å². The van der Waals surface area contributed by atoms with Gasteiger partial charge in [0.1, 0.15) is 10.6 Å². The van der Waals surface area contributed by atoms with E-state index < -0.39 is 0 Å². The van der Waals surface area contributed by atoms with Crippen molar-refractivity contribution in [3.8, 4) is 0 Å². The zero-order valence-electron chi connectivity index (χ0n) is 19.4. The van der Waals surface area contributed by atoms with Gasteiger partial charge in [-0.25, -0.2) is 4.90 Å². The van der Waals surface area contributed by atoms with Crippen LogP contribution in [0.1, 0.15) is 36.5 Å². The maximum absolute atomic E-state index is 13.8. The fraction of sp³-hybridized carbons (Fsp3) is 0.241. The summed E-state index contributed by atoms with van der Waals surface area (Å²) in [6.45, 7) is 3.52. The van der Waals surface area contributed by atoms with Crippen LogP contribution in [0.25, 0.3) is 0 Å². The van der Waals surface area contributed by atoms with Crippen molar-refractivity contribution in [1.29, 1.82) is 0 Å². The third-order valence-electron chi connectivity index (χ3n) is 6.44. The number of rotatable bonds is 7. The molecule has 0 saturated heterocycles. The first-order valence-corrected chi connectivity index (χ1v) is 12.7. The summed E-state index contributed by atoms with van der Waals surface area (Å²) in [7, 11) is 0. The van der Waals surface area contributed by atoms with Crippen molar-refractivity contribution in [2.24, 2.45) is 0 Å². The highest BCUT2D eigenvalue weighted by atomic mass is 32.2. The number of fused-ring (bicyclic) bond motifs is 1. The predicted octanol–water partition coefficient (Wildman–Crippen LogP) is 5.96. The molecule has 0 unspecified atom stereocenters. The van der Waals surface area contributed by atoms with Gasteiger partial charge in [-0.05, 0) is 60.2 Å². The first kappa shape index (κ1) is 22.5. The number of unbranched alkanes of at least 4 members (excludes halogenated alkanes) is 1. The Morgan fingerprint density at radius 1 is 0.824 bits per heavy atom. The van der Waals surface area contributed by atoms with Crippen molar-refractivity contribution in [3.05, 3.63) is 106 Å². The van der Waals surface area contributed by atoms with E-state index in [9.17, 15) is 9.59 Å². The lowest BCUT2D eigenvalue weighted by molar-refractivity contribution is -0.121. The average molecular weight is 469 g/mol. The SMILES string of the molecule is CCCCc1ccc(N2C(=O)C(Sc3ccccc3)=C(N3CCc4ccccc4C3)C2=O)cc1. The smallest absolute Gasteiger partial charge is 0.283 e. The summed E-state index contributed by atoms with van der Waals surface area (Å²) in [5.41, 5.74) is 4.90. The normalized spacial score (nSPS) is 15.8. The van der Waals surface area contributed by atoms with Gasteiger partial charge in [0.05, 0.1) is 5.69 Å². The summed E-state index contributed by atoms with van der Waals surface area (Å²) in [5.74, 6) is -0.474. The Morgan fingerprint density at radius 3 is 2.26 bits per heavy atom. The number of nitrogens with zero attached hydrogens (tertiary/aromatic N) is 2. The molecule has 0 aliphatic carbocycles. The number of amides is 2. The van der Waals surface area contributed by atoms with Crippen LogP contribution >= 0.6 is 11.8 Å². The molecule has 2 amide bonds. The molecule has 0 fully saturated rings. The van der Waals surface area contributed by atoms with Crippen molar-refractivity contribution >= 4 is 29.3 Å². The number of carbonyl (C=O) groups excluding carboxylic acids is 2. The molecule has 0 saturated carbocycles. The third-order valence-corrected chi connectivity index (χ3v) is 7.52. The Morgan fingerprint density at radius 2 is 1.53 bits per heavy atom. The van der Waals surface area contributed by atoms with Gasteiger partial charge in [-0.2, -0.15) is 0 Å². The van der Waals surface area contributed by atoms with Crippen LogP contribution in [0.2, 0.25) is 0 Å². The van der Waals surface area contributed by atoms with E-state index in [-0.39, 0.29) is 11.8 Å². The summed E-state index contributed by atoms with van der Waals surface area (Å²) in [6.07, 6.45) is 4.12. The number of thioether (sulfide) groups is 1. The second-order valence-electron chi connectivity index (χ2n) is 8.75. The minimum Gasteiger partial charge on any atom is -0.361 e. The molecule has 5 rings (SSSR count). The Labute approximate surface area is 205 Å². The lowest BCUT2D eigenvalue weighted by Gasteiger charge is -2.31. The number of aryl methyl sites for hydroxylation is 1. The van der Waals surface area contributed by atoms with E-state index in [4.69, 9.17) is 0 Å². The summed E-state index contributed by atoms with van der Waals surface area (Å²) in [5, 5.41) is 0. The van der Waals surface area contributed by atoms with E-state index in [0.29, 0.717) is 29.4 Å². The van der Waals surface area contributed by atoms with Gasteiger partial charge in [0, 0.05) is 18.0 Å². The fourth-order valence-electron chi connectivity index (χ4n) is 4.59. The number of hydrogen-bond donors (Lipinski definition) is 0. The van der Waals surface area contributed by atoms with Gasteiger partial charge in [0.15, 0.2) is 0 Å². The first-order chi connectivity index (χ1) is 16.7. The van der Waals surface area contributed by atoms with Crippen LogP contribution in [0.5, 0.6) is 0 Å². The minimum atomic E-state index is -0.242. The molecule has 2 heterocycles. The topological polar surface area (TPSA) is 40.6 Å². The van der Waals surface area contributed by atoms with Crippen LogP contribution in [-0.4, -0.2) is 23.3 Å². The third kappa shape index (κ3) is 4.40. The van der Waals surface area contributed by atoms with Crippen LogP contribution in [0.15, 0.2) is 94.4 Å². The van der Waals surface area contributed by atoms with Crippen molar-refractivity contribution in [2.45, 2.75) is 44.0 Å². The Balaban J connectivity index is 1.49. The van der Waals surface area contributed by atoms with E-state index >= 15 is 0 Å². The quantitative estimate of drug-likeness (QED) is 0.401. The minimum absolute atomic E-state index is 0.232. The number of carbonyl (C=O) groups is 2. The molecule has 2 aliphatic heterocycles. The molecule has 34 heavy (non-hydrogen) atoms. The van der Waals surface area contributed by atoms with E-state index in [2.05, 4.69) is 30.0 Å². The number of hydrogen-bond acceptors (Lipinski definition) is 4. The molecule has 0 radical (unpaired) electrons. The number of benzene rings is 3. The second kappa shape index (κ2) is 9.90. The summed E-state index contributed by atoms with van der Waals surface area (Å²) >= 11 is 1.38. The summed E-state index contributed by atoms with van der Waals surface area (Å²) in [4.78, 5) is 32.3. The number of imide groups is 1. The van der Waals surface area contributed by atoms with Gasteiger partial charge in [-0.1, -0.05) is 79.7 Å². The number of anilines is 1. The molecule has 5 heteroatoms. The monoisotopic (exact) mass is 468 g/mol. The lowest BCUT2D eigenvalue weighted by atomic mass is 9.99. The fourth-order valence-corrected chi connectivity index (χ4v) is 5.61. The highest BCUT2D eigenvalue weighted by molar-refractivity contribution is 8.04. The lowest BCUT2D eigenvalue weighted by Crippen LogP contribution is -2.37. The van der Waals surface area contributed by atoms with Crippen molar-refractivity contribution in [3.63, 3.8) is 0 Å². The van der Waals surface area contributed by atoms with Gasteiger partial charge in [0.2, 0.25) is 0 Å². The molecule has 0 N–H and O–H groups in total. The molecule has 0 atom stereocenters. The first-order valence-electron chi connectivity index (χ1n) is 11.9. The molecular weight excluding hydrogens is 440 g/mol. The largest absolute Gasteiger partial charge is 0.361 e. The zero-order chi connectivity index (χ0) is 23.5. The van der Waals surface area contributed by atoms with Crippen molar-refractivity contribution in [2.75, 3.05) is 11.4 Å². The molecule has 3 aromatic rings. The summed E-state index contributed by atoms with van der Waals surface area (Å²) < 4.78 is 0. The standard InChI is InChI=1S/C29H28N2O2S/c1-2-3-9-21-14-16-24(17-15-21)31-28(32)26(27(29(31)33)34-25-12-5-4-6-13-25)30-19-18-22-10-7-8-11-23(22)20-30/h4-8,10-17H,2-3,9,18-20H2,1H3. The molecule has 2 aliphatic rings. The summed E-state index contributed by atoms with van der Waals surface area (Å²) in [6, 6.07) is 26.0. The van der Waals surface area contributed by atoms with Crippen LogP contribution < -0.4 is 4.90 Å². The van der Waals surface area contributed by atoms with Crippen LogP contribution in [0.3, 0.4) is 0 Å². The Bertz CT molecular complexity index is 1230. The van der Waals surface area contributed by atoms with E-state index in [1.54, 1.807) is 0 Å². The van der Waals surface area contributed by atoms with Crippen LogP contribution in [0.4, 0.5) is 5.69 Å². The Kier molecular flexibility index (Phi) is 6.54. The van der Waals surface area contributed by atoms with Gasteiger partial charge in [-0.15, -0.1) is 0 Å². The van der Waals surface area contributed by atoms with E-state index in [1.165, 1.54) is 33.4 Å². The second-order valence-corrected chi connectivity index (χ2v) is 9.83. The van der Waals surface area contributed by atoms with E-state index in [0.717, 1.165) is 30.6 Å². The van der Waals surface area contributed by atoms with Gasteiger partial charge >= 0.3 is 0 Å². The van der Waals surface area contributed by atoms with Crippen LogP contribution in [0, 0.1) is 0 Å². The van der Waals surface area contributed by atoms with Gasteiger partial charge in [-0.3, -0.25) is 9.59 Å². The molecule has 3 aromatic carbocycles. The highest BCUT2D eigenvalue weighted by Gasteiger charge is 2.43. The average Bonchev–Trinajstić information content (AvgIpc) is 3.12. The zero-order valence-corrected chi connectivity index (χ0v) is 20.2. The van der Waals surface area contributed by atoms with E-state index in [1.807, 2.05) is 60.7 Å².